The Labute approximate surface area is 145 Å². The zero-order valence-electron chi connectivity index (χ0n) is 13.9. The van der Waals surface area contributed by atoms with Gasteiger partial charge in [-0.3, -0.25) is 14.3 Å². The second kappa shape index (κ2) is 6.32. The highest BCUT2D eigenvalue weighted by molar-refractivity contribution is 8.02. The van der Waals surface area contributed by atoms with E-state index in [-0.39, 0.29) is 11.8 Å². The standard InChI is InChI=1S/C17H20N4O2S/c1-4-21-11(2)12(10-19-21)9-18-15(22)17(3)16(23)20-13-7-5-6-8-14(13)24-17/h5-8,10H,4,9H2,1-3H3,(H,18,22)(H,20,23). The minimum Gasteiger partial charge on any atom is -0.350 e. The molecule has 0 bridgehead atoms. The summed E-state index contributed by atoms with van der Waals surface area (Å²) in [6, 6.07) is 7.49. The number of aryl methyl sites for hydroxylation is 1. The van der Waals surface area contributed by atoms with Crippen molar-refractivity contribution in [3.63, 3.8) is 0 Å². The Hall–Kier alpha value is -2.28. The minimum atomic E-state index is -1.19. The summed E-state index contributed by atoms with van der Waals surface area (Å²) in [4.78, 5) is 26.0. The third kappa shape index (κ3) is 2.80. The second-order valence-corrected chi connectivity index (χ2v) is 7.30. The lowest BCUT2D eigenvalue weighted by atomic mass is 10.1. The molecule has 1 atom stereocenters. The molecule has 2 amide bonds. The van der Waals surface area contributed by atoms with Gasteiger partial charge in [-0.15, -0.1) is 0 Å². The number of benzene rings is 1. The van der Waals surface area contributed by atoms with Crippen LogP contribution < -0.4 is 10.6 Å². The number of hydrogen-bond donors (Lipinski definition) is 2. The van der Waals surface area contributed by atoms with Crippen molar-refractivity contribution in [1.29, 1.82) is 0 Å². The molecule has 0 saturated heterocycles. The number of nitrogens with one attached hydrogen (secondary N) is 2. The van der Waals surface area contributed by atoms with E-state index >= 15 is 0 Å². The molecule has 7 heteroatoms. The fourth-order valence-corrected chi connectivity index (χ4v) is 3.76. The highest BCUT2D eigenvalue weighted by Gasteiger charge is 2.45. The van der Waals surface area contributed by atoms with E-state index in [1.807, 2.05) is 42.8 Å². The van der Waals surface area contributed by atoms with Gasteiger partial charge in [0.05, 0.1) is 11.9 Å². The Balaban J connectivity index is 1.74. The van der Waals surface area contributed by atoms with Gasteiger partial charge >= 0.3 is 0 Å². The molecule has 1 unspecified atom stereocenters. The highest BCUT2D eigenvalue weighted by atomic mass is 32.2. The van der Waals surface area contributed by atoms with Crippen LogP contribution in [0.25, 0.3) is 0 Å². The van der Waals surface area contributed by atoms with Crippen LogP contribution in [-0.4, -0.2) is 26.3 Å². The zero-order valence-corrected chi connectivity index (χ0v) is 14.7. The number of anilines is 1. The summed E-state index contributed by atoms with van der Waals surface area (Å²) in [5, 5.41) is 9.96. The fourth-order valence-electron chi connectivity index (χ4n) is 2.64. The lowest BCUT2D eigenvalue weighted by Crippen LogP contribution is -2.51. The SMILES string of the molecule is CCn1ncc(CNC(=O)C2(C)Sc3ccccc3NC2=O)c1C. The van der Waals surface area contributed by atoms with Gasteiger partial charge in [0.1, 0.15) is 0 Å². The van der Waals surface area contributed by atoms with E-state index in [1.54, 1.807) is 13.1 Å². The molecule has 0 saturated carbocycles. The maximum Gasteiger partial charge on any atom is 0.250 e. The van der Waals surface area contributed by atoms with Crippen LogP contribution in [0.1, 0.15) is 25.1 Å². The molecule has 0 spiro atoms. The first-order valence-corrected chi connectivity index (χ1v) is 8.66. The average Bonchev–Trinajstić information content (AvgIpc) is 2.93. The number of rotatable bonds is 4. The largest absolute Gasteiger partial charge is 0.350 e. The molecule has 0 aliphatic carbocycles. The Morgan fingerprint density at radius 2 is 2.17 bits per heavy atom. The normalized spacial score (nSPS) is 19.5. The summed E-state index contributed by atoms with van der Waals surface area (Å²) in [6.45, 7) is 6.78. The van der Waals surface area contributed by atoms with Crippen LogP contribution in [0.3, 0.4) is 0 Å². The first-order chi connectivity index (χ1) is 11.5. The van der Waals surface area contributed by atoms with E-state index < -0.39 is 4.75 Å². The quantitative estimate of drug-likeness (QED) is 0.835. The van der Waals surface area contributed by atoms with Crippen LogP contribution >= 0.6 is 11.8 Å². The fraction of sp³-hybridized carbons (Fsp3) is 0.353. The molecule has 6 nitrogen and oxygen atoms in total. The molecule has 0 radical (unpaired) electrons. The van der Waals surface area contributed by atoms with E-state index in [0.29, 0.717) is 6.54 Å². The first-order valence-electron chi connectivity index (χ1n) is 7.84. The molecule has 2 aromatic rings. The van der Waals surface area contributed by atoms with Gasteiger partial charge in [-0.1, -0.05) is 23.9 Å². The molecule has 2 N–H and O–H groups in total. The molecule has 3 rings (SSSR count). The molecule has 2 heterocycles. The van der Waals surface area contributed by atoms with Gasteiger partial charge in [-0.2, -0.15) is 5.10 Å². The van der Waals surface area contributed by atoms with Gasteiger partial charge in [0.2, 0.25) is 11.8 Å². The van der Waals surface area contributed by atoms with Crippen molar-refractivity contribution in [2.24, 2.45) is 0 Å². The average molecular weight is 344 g/mol. The Morgan fingerprint density at radius 3 is 2.88 bits per heavy atom. The Kier molecular flexibility index (Phi) is 4.36. The molecule has 1 aliphatic rings. The molecule has 0 fully saturated rings. The van der Waals surface area contributed by atoms with Crippen LogP contribution in [0.15, 0.2) is 35.4 Å². The van der Waals surface area contributed by atoms with Crippen molar-refractivity contribution in [2.45, 2.75) is 43.5 Å². The lowest BCUT2D eigenvalue weighted by Gasteiger charge is -2.31. The van der Waals surface area contributed by atoms with Crippen LogP contribution in [0.5, 0.6) is 0 Å². The molecule has 126 valence electrons. The van der Waals surface area contributed by atoms with Gasteiger partial charge in [0, 0.05) is 29.2 Å². The summed E-state index contributed by atoms with van der Waals surface area (Å²) in [7, 11) is 0. The van der Waals surface area contributed by atoms with E-state index in [2.05, 4.69) is 15.7 Å². The van der Waals surface area contributed by atoms with Crippen LogP contribution in [0, 0.1) is 6.92 Å². The van der Waals surface area contributed by atoms with E-state index in [4.69, 9.17) is 0 Å². The number of thioether (sulfide) groups is 1. The van der Waals surface area contributed by atoms with E-state index in [9.17, 15) is 9.59 Å². The topological polar surface area (TPSA) is 76.0 Å². The van der Waals surface area contributed by atoms with Crippen molar-refractivity contribution in [3.8, 4) is 0 Å². The predicted molar refractivity (Wildman–Crippen MR) is 93.8 cm³/mol. The summed E-state index contributed by atoms with van der Waals surface area (Å²) >= 11 is 1.28. The van der Waals surface area contributed by atoms with Crippen LogP contribution in [-0.2, 0) is 22.7 Å². The van der Waals surface area contributed by atoms with Crippen LogP contribution in [0.4, 0.5) is 5.69 Å². The van der Waals surface area contributed by atoms with Crippen molar-refractivity contribution in [3.05, 3.63) is 41.7 Å². The summed E-state index contributed by atoms with van der Waals surface area (Å²) in [5.41, 5.74) is 2.72. The van der Waals surface area contributed by atoms with Gasteiger partial charge in [-0.05, 0) is 32.9 Å². The number of fused-ring (bicyclic) bond motifs is 1. The molecule has 1 aromatic carbocycles. The molecule has 1 aliphatic heterocycles. The number of nitrogens with zero attached hydrogens (tertiary/aromatic N) is 2. The maximum atomic E-state index is 12.7. The zero-order chi connectivity index (χ0) is 17.3. The minimum absolute atomic E-state index is 0.301. The summed E-state index contributed by atoms with van der Waals surface area (Å²) in [6.07, 6.45) is 1.75. The summed E-state index contributed by atoms with van der Waals surface area (Å²) < 4.78 is 0.685. The van der Waals surface area contributed by atoms with Crippen LogP contribution in [0.2, 0.25) is 0 Å². The summed E-state index contributed by atoms with van der Waals surface area (Å²) in [5.74, 6) is -0.604. The highest BCUT2D eigenvalue weighted by Crippen LogP contribution is 2.42. The third-order valence-corrected chi connectivity index (χ3v) is 5.61. The first kappa shape index (κ1) is 16.6. The number of hydrogen-bond acceptors (Lipinski definition) is 4. The number of carbonyl (C=O) groups is 2. The number of para-hydroxylation sites is 1. The Morgan fingerprint density at radius 1 is 1.42 bits per heavy atom. The van der Waals surface area contributed by atoms with Gasteiger partial charge < -0.3 is 10.6 Å². The van der Waals surface area contributed by atoms with Gasteiger partial charge in [0.15, 0.2) is 4.75 Å². The number of amides is 2. The monoisotopic (exact) mass is 344 g/mol. The molecular formula is C17H20N4O2S. The molecule has 1 aromatic heterocycles. The number of aromatic nitrogens is 2. The van der Waals surface area contributed by atoms with Crippen molar-refractivity contribution < 1.29 is 9.59 Å². The number of carbonyl (C=O) groups excluding carboxylic acids is 2. The Bertz CT molecular complexity index is 802. The van der Waals surface area contributed by atoms with Gasteiger partial charge in [0.25, 0.3) is 0 Å². The van der Waals surface area contributed by atoms with Crippen molar-refractivity contribution in [1.82, 2.24) is 15.1 Å². The van der Waals surface area contributed by atoms with E-state index in [1.165, 1.54) is 11.8 Å². The van der Waals surface area contributed by atoms with Crippen molar-refractivity contribution in [2.75, 3.05) is 5.32 Å². The van der Waals surface area contributed by atoms with E-state index in [0.717, 1.165) is 28.4 Å². The predicted octanol–water partition coefficient (Wildman–Crippen LogP) is 2.33. The van der Waals surface area contributed by atoms with Gasteiger partial charge in [-0.25, -0.2) is 0 Å². The molecule has 24 heavy (non-hydrogen) atoms. The maximum absolute atomic E-state index is 12.7. The smallest absolute Gasteiger partial charge is 0.250 e. The third-order valence-electron chi connectivity index (χ3n) is 4.26. The lowest BCUT2D eigenvalue weighted by molar-refractivity contribution is -0.130. The second-order valence-electron chi connectivity index (χ2n) is 5.84. The van der Waals surface area contributed by atoms with Crippen molar-refractivity contribution >= 4 is 29.3 Å². The molecular weight excluding hydrogens is 324 g/mol.